The van der Waals surface area contributed by atoms with Gasteiger partial charge in [-0.05, 0) is 25.1 Å². The van der Waals surface area contributed by atoms with Crippen LogP contribution >= 0.6 is 0 Å². The number of anilines is 1. The van der Waals surface area contributed by atoms with E-state index in [4.69, 9.17) is 0 Å². The summed E-state index contributed by atoms with van der Waals surface area (Å²) < 4.78 is 26.5. The van der Waals surface area contributed by atoms with Gasteiger partial charge in [-0.15, -0.1) is 0 Å². The molecule has 7 heteroatoms. The quantitative estimate of drug-likeness (QED) is 0.695. The predicted octanol–water partition coefficient (Wildman–Crippen LogP) is 3.43. The molecule has 0 aliphatic rings. The van der Waals surface area contributed by atoms with Gasteiger partial charge >= 0.3 is 0 Å². The number of nitro benzene ring substituents is 1. The number of halogens is 2. The second-order valence-corrected chi connectivity index (χ2v) is 4.31. The van der Waals surface area contributed by atoms with E-state index < -0.39 is 22.5 Å². The first kappa shape index (κ1) is 14.6. The summed E-state index contributed by atoms with van der Waals surface area (Å²) in [6.07, 6.45) is 0. The smallest absolute Gasteiger partial charge is 0.285 e. The number of carbonyl (C=O) groups excluding carboxylic acids is 1. The van der Waals surface area contributed by atoms with Crippen molar-refractivity contribution in [3.05, 3.63) is 69.3 Å². The van der Waals surface area contributed by atoms with Crippen molar-refractivity contribution in [1.29, 1.82) is 0 Å². The van der Waals surface area contributed by atoms with Crippen LogP contribution in [0.5, 0.6) is 0 Å². The fourth-order valence-corrected chi connectivity index (χ4v) is 1.87. The van der Waals surface area contributed by atoms with Crippen molar-refractivity contribution >= 4 is 17.3 Å². The SMILES string of the molecule is Cc1cccc(C(=O)Nc2cc(F)ccc2F)c1[N+](=O)[O-]. The van der Waals surface area contributed by atoms with Gasteiger partial charge in [-0.2, -0.15) is 0 Å². The van der Waals surface area contributed by atoms with Crippen LogP contribution in [-0.2, 0) is 0 Å². The minimum atomic E-state index is -0.880. The lowest BCUT2D eigenvalue weighted by Gasteiger charge is -2.08. The highest BCUT2D eigenvalue weighted by Crippen LogP contribution is 2.24. The number of benzene rings is 2. The summed E-state index contributed by atoms with van der Waals surface area (Å²) in [7, 11) is 0. The Morgan fingerprint density at radius 1 is 1.24 bits per heavy atom. The standard InChI is InChI=1S/C14H10F2N2O3/c1-8-3-2-4-10(13(8)18(20)21)14(19)17-12-7-9(15)5-6-11(12)16/h2-7H,1H3,(H,17,19). The molecule has 0 aromatic heterocycles. The lowest BCUT2D eigenvalue weighted by Crippen LogP contribution is -2.15. The van der Waals surface area contributed by atoms with E-state index in [2.05, 4.69) is 5.32 Å². The summed E-state index contributed by atoms with van der Waals surface area (Å²) in [5.74, 6) is -2.44. The summed E-state index contributed by atoms with van der Waals surface area (Å²) in [4.78, 5) is 22.4. The number of nitrogens with one attached hydrogen (secondary N) is 1. The zero-order valence-corrected chi connectivity index (χ0v) is 10.9. The fraction of sp³-hybridized carbons (Fsp3) is 0.0714. The Kier molecular flexibility index (Phi) is 3.93. The van der Waals surface area contributed by atoms with Crippen molar-refractivity contribution in [3.63, 3.8) is 0 Å². The summed E-state index contributed by atoms with van der Waals surface area (Å²) in [5, 5.41) is 13.1. The highest BCUT2D eigenvalue weighted by molar-refractivity contribution is 6.07. The molecule has 2 aromatic carbocycles. The Bertz CT molecular complexity index is 732. The maximum atomic E-state index is 13.5. The van der Waals surface area contributed by atoms with E-state index in [1.807, 2.05) is 0 Å². The second kappa shape index (κ2) is 5.66. The Hall–Kier alpha value is -2.83. The average Bonchev–Trinajstić information content (AvgIpc) is 2.42. The normalized spacial score (nSPS) is 10.2. The number of carbonyl (C=O) groups is 1. The van der Waals surface area contributed by atoms with Crippen LogP contribution in [0.4, 0.5) is 20.2 Å². The van der Waals surface area contributed by atoms with Gasteiger partial charge in [0.25, 0.3) is 11.6 Å². The Labute approximate surface area is 118 Å². The average molecular weight is 292 g/mol. The lowest BCUT2D eigenvalue weighted by molar-refractivity contribution is -0.385. The monoisotopic (exact) mass is 292 g/mol. The van der Waals surface area contributed by atoms with Crippen LogP contribution in [0.3, 0.4) is 0 Å². The molecule has 0 atom stereocenters. The number of hydrogen-bond acceptors (Lipinski definition) is 3. The van der Waals surface area contributed by atoms with Crippen LogP contribution in [0.15, 0.2) is 36.4 Å². The number of aryl methyl sites for hydroxylation is 1. The van der Waals surface area contributed by atoms with Crippen molar-refractivity contribution in [1.82, 2.24) is 0 Å². The maximum absolute atomic E-state index is 13.5. The molecule has 0 aliphatic carbocycles. The van der Waals surface area contributed by atoms with Crippen LogP contribution < -0.4 is 5.32 Å². The van der Waals surface area contributed by atoms with E-state index in [1.54, 1.807) is 0 Å². The summed E-state index contributed by atoms with van der Waals surface area (Å²) >= 11 is 0. The second-order valence-electron chi connectivity index (χ2n) is 4.31. The van der Waals surface area contributed by atoms with Gasteiger partial charge in [-0.25, -0.2) is 8.78 Å². The number of para-hydroxylation sites is 1. The van der Waals surface area contributed by atoms with Crippen molar-refractivity contribution in [3.8, 4) is 0 Å². The number of amides is 1. The zero-order chi connectivity index (χ0) is 15.6. The molecular formula is C14H10F2N2O3. The number of rotatable bonds is 3. The summed E-state index contributed by atoms with van der Waals surface area (Å²) in [6, 6.07) is 6.76. The molecule has 0 saturated carbocycles. The third-order valence-corrected chi connectivity index (χ3v) is 2.84. The van der Waals surface area contributed by atoms with Gasteiger partial charge in [0.2, 0.25) is 0 Å². The predicted molar refractivity (Wildman–Crippen MR) is 72.1 cm³/mol. The van der Waals surface area contributed by atoms with Crippen LogP contribution in [0.2, 0.25) is 0 Å². The third-order valence-electron chi connectivity index (χ3n) is 2.84. The maximum Gasteiger partial charge on any atom is 0.285 e. The van der Waals surface area contributed by atoms with Crippen molar-refractivity contribution in [2.75, 3.05) is 5.32 Å². The van der Waals surface area contributed by atoms with Gasteiger partial charge in [0.05, 0.1) is 10.6 Å². The molecule has 2 rings (SSSR count). The zero-order valence-electron chi connectivity index (χ0n) is 10.9. The van der Waals surface area contributed by atoms with Gasteiger partial charge in [0.15, 0.2) is 0 Å². The van der Waals surface area contributed by atoms with Crippen LogP contribution in [0.1, 0.15) is 15.9 Å². The van der Waals surface area contributed by atoms with E-state index >= 15 is 0 Å². The summed E-state index contributed by atoms with van der Waals surface area (Å²) in [5.41, 5.74) is -0.668. The Morgan fingerprint density at radius 3 is 2.62 bits per heavy atom. The Balaban J connectivity index is 2.40. The molecule has 21 heavy (non-hydrogen) atoms. The molecule has 0 bridgehead atoms. The molecule has 0 spiro atoms. The van der Waals surface area contributed by atoms with Crippen molar-refractivity contribution < 1.29 is 18.5 Å². The molecule has 0 heterocycles. The van der Waals surface area contributed by atoms with E-state index in [9.17, 15) is 23.7 Å². The lowest BCUT2D eigenvalue weighted by atomic mass is 10.1. The highest BCUT2D eigenvalue weighted by atomic mass is 19.1. The largest absolute Gasteiger partial charge is 0.319 e. The van der Waals surface area contributed by atoms with Crippen LogP contribution in [0, 0.1) is 28.7 Å². The molecular weight excluding hydrogens is 282 g/mol. The van der Waals surface area contributed by atoms with Gasteiger partial charge in [0, 0.05) is 11.6 Å². The minimum Gasteiger partial charge on any atom is -0.319 e. The van der Waals surface area contributed by atoms with E-state index in [0.29, 0.717) is 5.56 Å². The molecule has 5 nitrogen and oxygen atoms in total. The first-order valence-corrected chi connectivity index (χ1v) is 5.90. The van der Waals surface area contributed by atoms with E-state index in [0.717, 1.165) is 18.2 Å². The molecule has 0 unspecified atom stereocenters. The molecule has 1 amide bonds. The molecule has 0 fully saturated rings. The highest BCUT2D eigenvalue weighted by Gasteiger charge is 2.23. The van der Waals surface area contributed by atoms with Gasteiger partial charge in [-0.1, -0.05) is 12.1 Å². The first-order valence-electron chi connectivity index (χ1n) is 5.90. The van der Waals surface area contributed by atoms with Gasteiger partial charge in [-0.3, -0.25) is 14.9 Å². The topological polar surface area (TPSA) is 72.2 Å². The van der Waals surface area contributed by atoms with E-state index in [-0.39, 0.29) is 16.9 Å². The molecule has 108 valence electrons. The minimum absolute atomic E-state index is 0.219. The van der Waals surface area contributed by atoms with Crippen LogP contribution in [-0.4, -0.2) is 10.8 Å². The molecule has 0 aliphatic heterocycles. The summed E-state index contributed by atoms with van der Waals surface area (Å²) in [6.45, 7) is 1.48. The molecule has 2 aromatic rings. The Morgan fingerprint density at radius 2 is 1.95 bits per heavy atom. The molecule has 0 saturated heterocycles. The number of nitrogens with zero attached hydrogens (tertiary/aromatic N) is 1. The van der Waals surface area contributed by atoms with Crippen LogP contribution in [0.25, 0.3) is 0 Å². The molecule has 0 radical (unpaired) electrons. The number of hydrogen-bond donors (Lipinski definition) is 1. The third kappa shape index (κ3) is 3.02. The number of nitro groups is 1. The van der Waals surface area contributed by atoms with E-state index in [1.165, 1.54) is 25.1 Å². The van der Waals surface area contributed by atoms with Crippen molar-refractivity contribution in [2.24, 2.45) is 0 Å². The van der Waals surface area contributed by atoms with Crippen molar-refractivity contribution in [2.45, 2.75) is 6.92 Å². The molecule has 1 N–H and O–H groups in total. The van der Waals surface area contributed by atoms with Gasteiger partial charge < -0.3 is 5.32 Å². The first-order chi connectivity index (χ1) is 9.90. The fourth-order valence-electron chi connectivity index (χ4n) is 1.87. The van der Waals surface area contributed by atoms with Gasteiger partial charge in [0.1, 0.15) is 17.2 Å².